The van der Waals surface area contributed by atoms with Crippen LogP contribution in [-0.2, 0) is 16.0 Å². The summed E-state index contributed by atoms with van der Waals surface area (Å²) >= 11 is 0. The average Bonchev–Trinajstić information content (AvgIpc) is 3.39. The number of nitrogens with one attached hydrogen (secondary N) is 2. The number of rotatable bonds is 9. The summed E-state index contributed by atoms with van der Waals surface area (Å²) in [4.78, 5) is 4.32. The van der Waals surface area contributed by atoms with Crippen molar-refractivity contribution in [2.24, 2.45) is 4.99 Å². The molecular formula is C22H36IN3O3. The molecule has 1 saturated carbocycles. The smallest absolute Gasteiger partial charge is 0.191 e. The Morgan fingerprint density at radius 1 is 1.17 bits per heavy atom. The van der Waals surface area contributed by atoms with E-state index in [1.807, 2.05) is 0 Å². The van der Waals surface area contributed by atoms with Crippen molar-refractivity contribution in [3.8, 4) is 5.75 Å². The molecule has 6 nitrogen and oxygen atoms in total. The summed E-state index contributed by atoms with van der Waals surface area (Å²) in [5.74, 6) is 1.74. The van der Waals surface area contributed by atoms with Gasteiger partial charge in [0.15, 0.2) is 5.96 Å². The molecule has 0 aromatic heterocycles. The summed E-state index contributed by atoms with van der Waals surface area (Å²) in [6, 6.07) is 6.34. The lowest BCUT2D eigenvalue weighted by molar-refractivity contribution is 0.0574. The van der Waals surface area contributed by atoms with Crippen molar-refractivity contribution in [1.29, 1.82) is 0 Å². The van der Waals surface area contributed by atoms with Crippen molar-refractivity contribution in [2.45, 2.75) is 64.2 Å². The van der Waals surface area contributed by atoms with Gasteiger partial charge in [-0.05, 0) is 37.8 Å². The van der Waals surface area contributed by atoms with E-state index in [0.29, 0.717) is 19.3 Å². The zero-order valence-corrected chi connectivity index (χ0v) is 20.1. The highest BCUT2D eigenvalue weighted by molar-refractivity contribution is 14.0. The topological polar surface area (TPSA) is 64.1 Å². The summed E-state index contributed by atoms with van der Waals surface area (Å²) in [6.45, 7) is 5.87. The van der Waals surface area contributed by atoms with Crippen LogP contribution < -0.4 is 15.4 Å². The summed E-state index contributed by atoms with van der Waals surface area (Å²) < 4.78 is 17.5. The number of ether oxygens (including phenoxy) is 3. The Balaban J connectivity index is 0.00000300. The normalized spacial score (nSPS) is 19.8. The van der Waals surface area contributed by atoms with Gasteiger partial charge in [-0.1, -0.05) is 25.0 Å². The second-order valence-corrected chi connectivity index (χ2v) is 7.70. The van der Waals surface area contributed by atoms with Gasteiger partial charge in [-0.3, -0.25) is 4.99 Å². The van der Waals surface area contributed by atoms with Crippen LogP contribution in [0.5, 0.6) is 5.75 Å². The first-order chi connectivity index (χ1) is 13.7. The highest BCUT2D eigenvalue weighted by Crippen LogP contribution is 2.24. The minimum absolute atomic E-state index is 0. The Hall–Kier alpha value is -1.06. The highest BCUT2D eigenvalue weighted by Gasteiger charge is 2.19. The van der Waals surface area contributed by atoms with Crippen LogP contribution in [0.1, 0.15) is 49.7 Å². The monoisotopic (exact) mass is 517 g/mol. The van der Waals surface area contributed by atoms with Crippen molar-refractivity contribution >= 4 is 29.9 Å². The van der Waals surface area contributed by atoms with E-state index < -0.39 is 0 Å². The average molecular weight is 517 g/mol. The zero-order valence-electron chi connectivity index (χ0n) is 17.7. The number of aliphatic imine (C=N–C) groups is 1. The van der Waals surface area contributed by atoms with Gasteiger partial charge in [-0.2, -0.15) is 0 Å². The molecule has 0 amide bonds. The van der Waals surface area contributed by atoms with E-state index in [1.165, 1.54) is 31.2 Å². The first-order valence-corrected chi connectivity index (χ1v) is 10.6. The maximum Gasteiger partial charge on any atom is 0.191 e. The van der Waals surface area contributed by atoms with E-state index >= 15 is 0 Å². The lowest BCUT2D eigenvalue weighted by Crippen LogP contribution is -2.37. The van der Waals surface area contributed by atoms with Gasteiger partial charge in [0.25, 0.3) is 0 Å². The molecule has 0 bridgehead atoms. The second-order valence-electron chi connectivity index (χ2n) is 7.70. The Morgan fingerprint density at radius 2 is 2.00 bits per heavy atom. The van der Waals surface area contributed by atoms with Gasteiger partial charge in [-0.25, -0.2) is 0 Å². The third-order valence-electron chi connectivity index (χ3n) is 5.34. The number of halogens is 1. The summed E-state index contributed by atoms with van der Waals surface area (Å²) in [6.07, 6.45) is 7.66. The predicted octanol–water partition coefficient (Wildman–Crippen LogP) is 3.80. The number of hydrogen-bond acceptors (Lipinski definition) is 4. The number of aryl methyl sites for hydroxylation is 1. The summed E-state index contributed by atoms with van der Waals surface area (Å²) in [7, 11) is 1.80. The fourth-order valence-electron chi connectivity index (χ4n) is 3.69. The molecule has 1 heterocycles. The van der Waals surface area contributed by atoms with Gasteiger partial charge in [0.05, 0.1) is 19.3 Å². The van der Waals surface area contributed by atoms with Gasteiger partial charge >= 0.3 is 0 Å². The van der Waals surface area contributed by atoms with Gasteiger partial charge in [0.2, 0.25) is 0 Å². The van der Waals surface area contributed by atoms with Crippen molar-refractivity contribution in [3.05, 3.63) is 29.3 Å². The second kappa shape index (κ2) is 13.3. The summed E-state index contributed by atoms with van der Waals surface area (Å²) in [5, 5.41) is 6.76. The van der Waals surface area contributed by atoms with E-state index in [0.717, 1.165) is 49.9 Å². The Kier molecular flexibility index (Phi) is 11.1. The molecule has 1 atom stereocenters. The maximum absolute atomic E-state index is 6.17. The Bertz CT molecular complexity index is 630. The quantitative estimate of drug-likeness (QED) is 0.226. The molecule has 1 saturated heterocycles. The SMILES string of the molecule is CN=C(NCCCOC1CCCC1)NCc1ccc(C)cc1OC1CCOC1.I. The van der Waals surface area contributed by atoms with Crippen LogP contribution in [0.3, 0.4) is 0 Å². The molecule has 1 unspecified atom stereocenters. The van der Waals surface area contributed by atoms with Crippen LogP contribution in [-0.4, -0.2) is 51.6 Å². The fraction of sp³-hybridized carbons (Fsp3) is 0.682. The third kappa shape index (κ3) is 8.30. The van der Waals surface area contributed by atoms with Gasteiger partial charge in [0, 0.05) is 38.7 Å². The largest absolute Gasteiger partial charge is 0.488 e. The lowest BCUT2D eigenvalue weighted by atomic mass is 10.1. The molecule has 2 N–H and O–H groups in total. The molecule has 3 rings (SSSR count). The summed E-state index contributed by atoms with van der Waals surface area (Å²) in [5.41, 5.74) is 2.33. The first kappa shape index (κ1) is 24.2. The van der Waals surface area contributed by atoms with E-state index in [2.05, 4.69) is 40.7 Å². The molecule has 1 aliphatic carbocycles. The standard InChI is InChI=1S/C22H35N3O3.HI/c1-17-8-9-18(21(14-17)28-20-10-13-26-16-20)15-25-22(23-2)24-11-5-12-27-19-6-3-4-7-19;/h8-9,14,19-20H,3-7,10-13,15-16H2,1-2H3,(H2,23,24,25);1H. The molecule has 1 aliphatic heterocycles. The van der Waals surface area contributed by atoms with Crippen LogP contribution in [0.25, 0.3) is 0 Å². The van der Waals surface area contributed by atoms with Crippen molar-refractivity contribution in [1.82, 2.24) is 10.6 Å². The van der Waals surface area contributed by atoms with Crippen molar-refractivity contribution in [2.75, 3.05) is 33.4 Å². The molecule has 2 aliphatic rings. The molecule has 7 heteroatoms. The molecule has 1 aromatic rings. The number of guanidine groups is 1. The van der Waals surface area contributed by atoms with Crippen LogP contribution in [0.4, 0.5) is 0 Å². The number of hydrogen-bond donors (Lipinski definition) is 2. The molecule has 2 fully saturated rings. The molecule has 0 spiro atoms. The molecule has 164 valence electrons. The van der Waals surface area contributed by atoms with Gasteiger partial charge in [-0.15, -0.1) is 24.0 Å². The maximum atomic E-state index is 6.17. The minimum Gasteiger partial charge on any atom is -0.488 e. The van der Waals surface area contributed by atoms with Gasteiger partial charge < -0.3 is 24.8 Å². The molecule has 29 heavy (non-hydrogen) atoms. The minimum atomic E-state index is 0. The van der Waals surface area contributed by atoms with E-state index in [4.69, 9.17) is 14.2 Å². The Morgan fingerprint density at radius 3 is 2.72 bits per heavy atom. The molecule has 0 radical (unpaired) electrons. The van der Waals surface area contributed by atoms with Gasteiger partial charge in [0.1, 0.15) is 11.9 Å². The number of nitrogens with zero attached hydrogens (tertiary/aromatic N) is 1. The van der Waals surface area contributed by atoms with Crippen LogP contribution >= 0.6 is 24.0 Å². The van der Waals surface area contributed by atoms with Crippen molar-refractivity contribution in [3.63, 3.8) is 0 Å². The van der Waals surface area contributed by atoms with E-state index in [9.17, 15) is 0 Å². The predicted molar refractivity (Wildman–Crippen MR) is 127 cm³/mol. The highest BCUT2D eigenvalue weighted by atomic mass is 127. The zero-order chi connectivity index (χ0) is 19.6. The van der Waals surface area contributed by atoms with Crippen LogP contribution in [0, 0.1) is 6.92 Å². The molecule has 1 aromatic carbocycles. The van der Waals surface area contributed by atoms with Crippen molar-refractivity contribution < 1.29 is 14.2 Å². The molecular weight excluding hydrogens is 481 g/mol. The lowest BCUT2D eigenvalue weighted by Gasteiger charge is -2.18. The fourth-order valence-corrected chi connectivity index (χ4v) is 3.69. The number of benzene rings is 1. The Labute approximate surface area is 192 Å². The van der Waals surface area contributed by atoms with E-state index in [1.54, 1.807) is 7.05 Å². The third-order valence-corrected chi connectivity index (χ3v) is 5.34. The van der Waals surface area contributed by atoms with Crippen LogP contribution in [0.2, 0.25) is 0 Å². The van der Waals surface area contributed by atoms with E-state index in [-0.39, 0.29) is 30.1 Å². The van der Waals surface area contributed by atoms with Crippen LogP contribution in [0.15, 0.2) is 23.2 Å². The first-order valence-electron chi connectivity index (χ1n) is 10.6.